The van der Waals surface area contributed by atoms with Crippen LogP contribution in [0.25, 0.3) is 0 Å². The molecule has 1 aliphatic heterocycles. The van der Waals surface area contributed by atoms with Gasteiger partial charge in [-0.2, -0.15) is 0 Å². The summed E-state index contributed by atoms with van der Waals surface area (Å²) in [5.74, 6) is -0.211. The van der Waals surface area contributed by atoms with Gasteiger partial charge in [0.05, 0.1) is 12.7 Å². The Morgan fingerprint density at radius 2 is 2.06 bits per heavy atom. The average molecular weight is 252 g/mol. The van der Waals surface area contributed by atoms with E-state index in [1.165, 1.54) is 12.1 Å². The molecule has 0 bridgehead atoms. The zero-order valence-corrected chi connectivity index (χ0v) is 11.0. The molecule has 3 nitrogen and oxygen atoms in total. The van der Waals surface area contributed by atoms with Gasteiger partial charge in [0.1, 0.15) is 5.82 Å². The van der Waals surface area contributed by atoms with Gasteiger partial charge < -0.3 is 10.5 Å². The summed E-state index contributed by atoms with van der Waals surface area (Å²) in [6, 6.07) is 6.76. The van der Waals surface area contributed by atoms with Gasteiger partial charge in [-0.3, -0.25) is 4.90 Å². The van der Waals surface area contributed by atoms with Gasteiger partial charge in [-0.15, -0.1) is 0 Å². The Balaban J connectivity index is 2.19. The van der Waals surface area contributed by atoms with Gasteiger partial charge in [0.2, 0.25) is 0 Å². The molecule has 18 heavy (non-hydrogen) atoms. The predicted molar refractivity (Wildman–Crippen MR) is 69.8 cm³/mol. The first-order valence-electron chi connectivity index (χ1n) is 6.44. The number of nitrogens with two attached hydrogens (primary N) is 1. The van der Waals surface area contributed by atoms with E-state index < -0.39 is 0 Å². The molecular formula is C14H21FN2O. The first-order valence-corrected chi connectivity index (χ1v) is 6.44. The van der Waals surface area contributed by atoms with E-state index >= 15 is 0 Å². The van der Waals surface area contributed by atoms with Gasteiger partial charge in [-0.1, -0.05) is 12.1 Å². The van der Waals surface area contributed by atoms with Crippen LogP contribution < -0.4 is 5.73 Å². The Labute approximate surface area is 108 Å². The van der Waals surface area contributed by atoms with E-state index in [2.05, 4.69) is 11.8 Å². The van der Waals surface area contributed by atoms with Gasteiger partial charge in [-0.25, -0.2) is 4.39 Å². The molecule has 2 rings (SSSR count). The maximum atomic E-state index is 13.0. The third-order valence-electron chi connectivity index (χ3n) is 3.38. The van der Waals surface area contributed by atoms with Crippen LogP contribution in [0.2, 0.25) is 0 Å². The zero-order chi connectivity index (χ0) is 13.1. The lowest BCUT2D eigenvalue weighted by Gasteiger charge is -2.39. The number of nitrogens with zero attached hydrogens (tertiary/aromatic N) is 1. The van der Waals surface area contributed by atoms with Crippen molar-refractivity contribution in [3.05, 3.63) is 35.6 Å². The van der Waals surface area contributed by atoms with E-state index in [1.807, 2.05) is 19.1 Å². The zero-order valence-electron chi connectivity index (χ0n) is 11.0. The molecule has 3 unspecified atom stereocenters. The Morgan fingerprint density at radius 3 is 2.61 bits per heavy atom. The quantitative estimate of drug-likeness (QED) is 0.893. The fraction of sp³-hybridized carbons (Fsp3) is 0.571. The van der Waals surface area contributed by atoms with Crippen LogP contribution in [0.4, 0.5) is 4.39 Å². The molecule has 0 radical (unpaired) electrons. The molecule has 0 aromatic heterocycles. The van der Waals surface area contributed by atoms with Gasteiger partial charge in [-0.05, 0) is 31.5 Å². The van der Waals surface area contributed by atoms with Crippen LogP contribution in [-0.4, -0.2) is 36.7 Å². The van der Waals surface area contributed by atoms with Crippen molar-refractivity contribution >= 4 is 0 Å². The van der Waals surface area contributed by atoms with Crippen LogP contribution in [0, 0.1) is 5.82 Å². The standard InChI is InChI=1S/C14H21FN2O/c1-10-9-17(7-8-18-10)14(11(2)16)12-3-5-13(15)6-4-12/h3-6,10-11,14H,7-9,16H2,1-2H3. The fourth-order valence-electron chi connectivity index (χ4n) is 2.60. The molecule has 0 aliphatic carbocycles. The summed E-state index contributed by atoms with van der Waals surface area (Å²) < 4.78 is 18.5. The molecule has 1 aromatic rings. The van der Waals surface area contributed by atoms with Gasteiger partial charge in [0.25, 0.3) is 0 Å². The molecule has 3 atom stereocenters. The smallest absolute Gasteiger partial charge is 0.123 e. The predicted octanol–water partition coefficient (Wildman–Crippen LogP) is 1.93. The van der Waals surface area contributed by atoms with Gasteiger partial charge in [0, 0.05) is 25.2 Å². The highest BCUT2D eigenvalue weighted by molar-refractivity contribution is 5.21. The number of benzene rings is 1. The van der Waals surface area contributed by atoms with Crippen molar-refractivity contribution in [1.82, 2.24) is 4.90 Å². The molecule has 1 saturated heterocycles. The summed E-state index contributed by atoms with van der Waals surface area (Å²) in [4.78, 5) is 2.33. The summed E-state index contributed by atoms with van der Waals surface area (Å²) in [5.41, 5.74) is 7.18. The van der Waals surface area contributed by atoms with E-state index in [1.54, 1.807) is 0 Å². The van der Waals surface area contributed by atoms with Crippen molar-refractivity contribution in [2.75, 3.05) is 19.7 Å². The van der Waals surface area contributed by atoms with E-state index in [0.29, 0.717) is 0 Å². The lowest BCUT2D eigenvalue weighted by molar-refractivity contribution is -0.0376. The maximum absolute atomic E-state index is 13.0. The lowest BCUT2D eigenvalue weighted by Crippen LogP contribution is -2.47. The van der Waals surface area contributed by atoms with Crippen molar-refractivity contribution in [3.8, 4) is 0 Å². The number of hydrogen-bond acceptors (Lipinski definition) is 3. The highest BCUT2D eigenvalue weighted by Gasteiger charge is 2.28. The first kappa shape index (κ1) is 13.5. The van der Waals surface area contributed by atoms with Crippen LogP contribution in [-0.2, 0) is 4.74 Å². The van der Waals surface area contributed by atoms with Crippen LogP contribution in [0.3, 0.4) is 0 Å². The Morgan fingerprint density at radius 1 is 1.39 bits per heavy atom. The molecule has 1 aromatic carbocycles. The Kier molecular flexibility index (Phi) is 4.32. The number of hydrogen-bond donors (Lipinski definition) is 1. The summed E-state index contributed by atoms with van der Waals surface area (Å²) in [7, 11) is 0. The maximum Gasteiger partial charge on any atom is 0.123 e. The second-order valence-corrected chi connectivity index (χ2v) is 5.03. The molecule has 0 amide bonds. The first-order chi connectivity index (χ1) is 8.58. The molecule has 4 heteroatoms. The van der Waals surface area contributed by atoms with E-state index in [0.717, 1.165) is 25.3 Å². The van der Waals surface area contributed by atoms with Gasteiger partial charge >= 0.3 is 0 Å². The van der Waals surface area contributed by atoms with Crippen LogP contribution in [0.5, 0.6) is 0 Å². The molecular weight excluding hydrogens is 231 g/mol. The third kappa shape index (κ3) is 3.07. The molecule has 1 heterocycles. The minimum atomic E-state index is -0.211. The van der Waals surface area contributed by atoms with Crippen LogP contribution in [0.1, 0.15) is 25.5 Å². The summed E-state index contributed by atoms with van der Waals surface area (Å²) >= 11 is 0. The van der Waals surface area contributed by atoms with Gasteiger partial charge in [0.15, 0.2) is 0 Å². The summed E-state index contributed by atoms with van der Waals surface area (Å²) in [5, 5.41) is 0. The van der Waals surface area contributed by atoms with Crippen molar-refractivity contribution < 1.29 is 9.13 Å². The van der Waals surface area contributed by atoms with Crippen LogP contribution >= 0.6 is 0 Å². The third-order valence-corrected chi connectivity index (χ3v) is 3.38. The fourth-order valence-corrected chi connectivity index (χ4v) is 2.60. The molecule has 0 spiro atoms. The number of halogens is 1. The Bertz CT molecular complexity index is 380. The van der Waals surface area contributed by atoms with Crippen molar-refractivity contribution in [1.29, 1.82) is 0 Å². The van der Waals surface area contributed by atoms with Crippen molar-refractivity contribution in [2.45, 2.75) is 32.0 Å². The highest BCUT2D eigenvalue weighted by Crippen LogP contribution is 2.25. The average Bonchev–Trinajstić information content (AvgIpc) is 2.32. The normalized spacial score (nSPS) is 24.8. The van der Waals surface area contributed by atoms with E-state index in [-0.39, 0.29) is 24.0 Å². The highest BCUT2D eigenvalue weighted by atomic mass is 19.1. The number of morpholine rings is 1. The summed E-state index contributed by atoms with van der Waals surface area (Å²) in [6.45, 7) is 6.52. The summed E-state index contributed by atoms with van der Waals surface area (Å²) in [6.07, 6.45) is 0.223. The van der Waals surface area contributed by atoms with Crippen LogP contribution in [0.15, 0.2) is 24.3 Å². The van der Waals surface area contributed by atoms with E-state index in [9.17, 15) is 4.39 Å². The minimum Gasteiger partial charge on any atom is -0.376 e. The monoisotopic (exact) mass is 252 g/mol. The molecule has 2 N–H and O–H groups in total. The number of ether oxygens (including phenoxy) is 1. The second-order valence-electron chi connectivity index (χ2n) is 5.03. The van der Waals surface area contributed by atoms with Crippen molar-refractivity contribution in [3.63, 3.8) is 0 Å². The molecule has 1 fully saturated rings. The topological polar surface area (TPSA) is 38.5 Å². The minimum absolute atomic E-state index is 0.000705. The second kappa shape index (κ2) is 5.78. The van der Waals surface area contributed by atoms with Crippen molar-refractivity contribution in [2.24, 2.45) is 5.73 Å². The Hall–Kier alpha value is -0.970. The number of rotatable bonds is 3. The molecule has 100 valence electrons. The largest absolute Gasteiger partial charge is 0.376 e. The molecule has 0 saturated carbocycles. The SMILES string of the molecule is CC1CN(C(c2ccc(F)cc2)C(C)N)CCO1. The lowest BCUT2D eigenvalue weighted by atomic mass is 9.98. The molecule has 1 aliphatic rings. The van der Waals surface area contributed by atoms with E-state index in [4.69, 9.17) is 10.5 Å².